The summed E-state index contributed by atoms with van der Waals surface area (Å²) < 4.78 is 13.4. The molecule has 0 saturated carbocycles. The lowest BCUT2D eigenvalue weighted by molar-refractivity contribution is -0.122. The Bertz CT molecular complexity index is 955. The van der Waals surface area contributed by atoms with E-state index in [1.54, 1.807) is 0 Å². The normalized spacial score (nSPS) is 16.4. The molecule has 146 valence electrons. The predicted molar refractivity (Wildman–Crippen MR) is 105 cm³/mol. The van der Waals surface area contributed by atoms with Gasteiger partial charge in [0.15, 0.2) is 0 Å². The van der Waals surface area contributed by atoms with Gasteiger partial charge < -0.3 is 19.0 Å². The molecule has 4 rings (SSSR count). The molecule has 1 amide bonds. The third-order valence-corrected chi connectivity index (χ3v) is 5.10. The zero-order valence-electron chi connectivity index (χ0n) is 16.1. The van der Waals surface area contributed by atoms with Crippen molar-refractivity contribution in [1.82, 2.24) is 20.1 Å². The number of carbonyl (C=O) groups is 1. The van der Waals surface area contributed by atoms with Gasteiger partial charge in [-0.3, -0.25) is 4.79 Å². The second-order valence-electron chi connectivity index (χ2n) is 7.09. The summed E-state index contributed by atoms with van der Waals surface area (Å²) in [5.41, 5.74) is 3.62. The first kappa shape index (κ1) is 18.4. The van der Waals surface area contributed by atoms with E-state index >= 15 is 0 Å². The zero-order valence-corrected chi connectivity index (χ0v) is 16.1. The first-order valence-corrected chi connectivity index (χ1v) is 9.56. The van der Waals surface area contributed by atoms with Crippen LogP contribution in [0.25, 0.3) is 22.9 Å². The summed E-state index contributed by atoms with van der Waals surface area (Å²) in [5, 5.41) is 11.3. The summed E-state index contributed by atoms with van der Waals surface area (Å²) in [6.45, 7) is 5.54. The lowest BCUT2D eigenvalue weighted by atomic mass is 10.2. The number of rotatable bonds is 6. The van der Waals surface area contributed by atoms with E-state index in [0.717, 1.165) is 42.0 Å². The molecule has 0 unspecified atom stereocenters. The van der Waals surface area contributed by atoms with Crippen LogP contribution in [0.15, 0.2) is 40.8 Å². The lowest BCUT2D eigenvalue weighted by Gasteiger charge is -2.13. The number of ether oxygens (including phenoxy) is 1. The van der Waals surface area contributed by atoms with E-state index in [-0.39, 0.29) is 18.6 Å². The molecule has 2 aromatic heterocycles. The van der Waals surface area contributed by atoms with E-state index < -0.39 is 0 Å². The average molecular weight is 380 g/mol. The molecule has 0 aliphatic carbocycles. The highest BCUT2D eigenvalue weighted by Gasteiger charge is 2.20. The number of hydrogen-bond donors (Lipinski definition) is 1. The molecule has 1 aliphatic heterocycles. The number of nitrogens with one attached hydrogen (secondary N) is 1. The van der Waals surface area contributed by atoms with Crippen LogP contribution in [0.2, 0.25) is 0 Å². The minimum atomic E-state index is -0.0284. The van der Waals surface area contributed by atoms with E-state index in [4.69, 9.17) is 9.15 Å². The van der Waals surface area contributed by atoms with Gasteiger partial charge in [-0.25, -0.2) is 0 Å². The number of carbonyl (C=O) groups excluding carboxylic acids is 1. The van der Waals surface area contributed by atoms with E-state index in [9.17, 15) is 4.79 Å². The molecule has 1 N–H and O–H groups in total. The number of hydrogen-bond acceptors (Lipinski definition) is 5. The molecule has 1 atom stereocenters. The van der Waals surface area contributed by atoms with Crippen molar-refractivity contribution in [3.8, 4) is 22.9 Å². The number of nitrogens with zero attached hydrogens (tertiary/aromatic N) is 3. The summed E-state index contributed by atoms with van der Waals surface area (Å²) in [6.07, 6.45) is 2.21. The third kappa shape index (κ3) is 3.84. The second kappa shape index (κ2) is 7.98. The molecule has 28 heavy (non-hydrogen) atoms. The van der Waals surface area contributed by atoms with E-state index in [0.29, 0.717) is 18.3 Å². The van der Waals surface area contributed by atoms with Crippen LogP contribution in [0.3, 0.4) is 0 Å². The molecule has 3 aromatic rings. The zero-order chi connectivity index (χ0) is 19.5. The molecule has 7 nitrogen and oxygen atoms in total. The largest absolute Gasteiger partial charge is 0.416 e. The smallest absolute Gasteiger partial charge is 0.249 e. The summed E-state index contributed by atoms with van der Waals surface area (Å²) in [4.78, 5) is 12.4. The first-order valence-electron chi connectivity index (χ1n) is 9.56. The van der Waals surface area contributed by atoms with Crippen LogP contribution in [-0.4, -0.2) is 39.9 Å². The molecule has 3 heterocycles. The number of aromatic nitrogens is 3. The molecule has 1 saturated heterocycles. The van der Waals surface area contributed by atoms with Crippen LogP contribution in [0.5, 0.6) is 0 Å². The van der Waals surface area contributed by atoms with Crippen LogP contribution < -0.4 is 5.32 Å². The van der Waals surface area contributed by atoms with Crippen molar-refractivity contribution in [3.63, 3.8) is 0 Å². The van der Waals surface area contributed by atoms with Gasteiger partial charge in [0.05, 0.1) is 11.7 Å². The van der Waals surface area contributed by atoms with Gasteiger partial charge in [0.25, 0.3) is 0 Å². The molecule has 0 radical (unpaired) electrons. The summed E-state index contributed by atoms with van der Waals surface area (Å²) in [7, 11) is 0. The van der Waals surface area contributed by atoms with Gasteiger partial charge in [0, 0.05) is 30.1 Å². The van der Waals surface area contributed by atoms with Crippen LogP contribution in [-0.2, 0) is 16.1 Å². The van der Waals surface area contributed by atoms with Crippen molar-refractivity contribution in [3.05, 3.63) is 47.8 Å². The van der Waals surface area contributed by atoms with E-state index in [2.05, 4.69) is 15.5 Å². The van der Waals surface area contributed by atoms with Crippen molar-refractivity contribution in [2.75, 3.05) is 13.2 Å². The fourth-order valence-electron chi connectivity index (χ4n) is 3.52. The fraction of sp³-hybridized carbons (Fsp3) is 0.381. The molecule has 0 spiro atoms. The Morgan fingerprint density at radius 3 is 2.75 bits per heavy atom. The molecule has 1 fully saturated rings. The first-order chi connectivity index (χ1) is 13.6. The highest BCUT2D eigenvalue weighted by molar-refractivity contribution is 5.76. The minimum Gasteiger partial charge on any atom is -0.416 e. The van der Waals surface area contributed by atoms with Crippen molar-refractivity contribution in [2.24, 2.45) is 0 Å². The van der Waals surface area contributed by atoms with Gasteiger partial charge in [-0.05, 0) is 44.9 Å². The second-order valence-corrected chi connectivity index (χ2v) is 7.09. The monoisotopic (exact) mass is 380 g/mol. The summed E-state index contributed by atoms with van der Waals surface area (Å²) >= 11 is 0. The fourth-order valence-corrected chi connectivity index (χ4v) is 3.52. The summed E-state index contributed by atoms with van der Waals surface area (Å²) in [5.74, 6) is 0.909. The Morgan fingerprint density at radius 1 is 1.21 bits per heavy atom. The molecular formula is C21H24N4O3. The van der Waals surface area contributed by atoms with Gasteiger partial charge >= 0.3 is 0 Å². The molecule has 1 aromatic carbocycles. The molecule has 7 heteroatoms. The maximum absolute atomic E-state index is 12.4. The number of aryl methyl sites for hydroxylation is 1. The topological polar surface area (TPSA) is 82.2 Å². The Morgan fingerprint density at radius 2 is 2.00 bits per heavy atom. The standard InChI is InChI=1S/C21H24N4O3/c1-14-11-18(21-24-23-20(28-21)16-7-4-3-5-8-16)15(2)25(14)13-19(26)22-12-17-9-6-10-27-17/h3-5,7-8,11,17H,6,9-10,12-13H2,1-2H3,(H,22,26)/t17-/m0/s1. The van der Waals surface area contributed by atoms with Crippen LogP contribution in [0.1, 0.15) is 24.2 Å². The van der Waals surface area contributed by atoms with Crippen LogP contribution >= 0.6 is 0 Å². The number of benzene rings is 1. The van der Waals surface area contributed by atoms with Crippen LogP contribution in [0.4, 0.5) is 0 Å². The summed E-state index contributed by atoms with van der Waals surface area (Å²) in [6, 6.07) is 11.6. The van der Waals surface area contributed by atoms with Gasteiger partial charge in [-0.1, -0.05) is 18.2 Å². The highest BCUT2D eigenvalue weighted by atomic mass is 16.5. The van der Waals surface area contributed by atoms with Gasteiger partial charge in [0.2, 0.25) is 17.7 Å². The SMILES string of the molecule is Cc1cc(-c2nnc(-c3ccccc3)o2)c(C)n1CC(=O)NC[C@@H]1CCCO1. The van der Waals surface area contributed by atoms with Crippen molar-refractivity contribution in [2.45, 2.75) is 39.3 Å². The Balaban J connectivity index is 1.48. The molecular weight excluding hydrogens is 356 g/mol. The van der Waals surface area contributed by atoms with Crippen molar-refractivity contribution in [1.29, 1.82) is 0 Å². The number of amides is 1. The van der Waals surface area contributed by atoms with E-state index in [1.165, 1.54) is 0 Å². The Labute approximate surface area is 163 Å². The van der Waals surface area contributed by atoms with Gasteiger partial charge in [-0.2, -0.15) is 0 Å². The Kier molecular flexibility index (Phi) is 5.25. The van der Waals surface area contributed by atoms with Gasteiger partial charge in [0.1, 0.15) is 6.54 Å². The third-order valence-electron chi connectivity index (χ3n) is 5.10. The Hall–Kier alpha value is -2.93. The van der Waals surface area contributed by atoms with Gasteiger partial charge in [-0.15, -0.1) is 10.2 Å². The van der Waals surface area contributed by atoms with Crippen molar-refractivity contribution < 1.29 is 13.9 Å². The minimum absolute atomic E-state index is 0.0284. The van der Waals surface area contributed by atoms with Crippen molar-refractivity contribution >= 4 is 5.91 Å². The maximum atomic E-state index is 12.4. The highest BCUT2D eigenvalue weighted by Crippen LogP contribution is 2.28. The quantitative estimate of drug-likeness (QED) is 0.710. The molecule has 1 aliphatic rings. The van der Waals surface area contributed by atoms with Crippen LogP contribution in [0, 0.1) is 13.8 Å². The molecule has 0 bridgehead atoms. The predicted octanol–water partition coefficient (Wildman–Crippen LogP) is 3.12. The average Bonchev–Trinajstić information content (AvgIpc) is 3.45. The van der Waals surface area contributed by atoms with E-state index in [1.807, 2.05) is 54.8 Å². The lowest BCUT2D eigenvalue weighted by Crippen LogP contribution is -2.34. The maximum Gasteiger partial charge on any atom is 0.249 e.